The minimum Gasteiger partial charge on any atom is -0.371 e. The van der Waals surface area contributed by atoms with Crippen LogP contribution in [0.15, 0.2) is 34.8 Å². The molecule has 1 heterocycles. The summed E-state index contributed by atoms with van der Waals surface area (Å²) in [4.78, 5) is 9.05. The number of rotatable bonds is 6. The molecule has 0 N–H and O–H groups in total. The van der Waals surface area contributed by atoms with E-state index in [-0.39, 0.29) is 6.10 Å². The number of halogens is 2. The molecule has 0 fully saturated rings. The van der Waals surface area contributed by atoms with Gasteiger partial charge in [0.1, 0.15) is 11.3 Å². The molecule has 2 aromatic rings. The van der Waals surface area contributed by atoms with E-state index in [1.54, 1.807) is 0 Å². The van der Waals surface area contributed by atoms with Gasteiger partial charge in [0.05, 0.1) is 10.2 Å². The summed E-state index contributed by atoms with van der Waals surface area (Å²) in [5.41, 5.74) is 1.80. The second-order valence-electron chi connectivity index (χ2n) is 4.63. The molecule has 112 valence electrons. The van der Waals surface area contributed by atoms with E-state index in [1.807, 2.05) is 37.3 Å². The lowest BCUT2D eigenvalue weighted by Gasteiger charge is -2.17. The van der Waals surface area contributed by atoms with Crippen molar-refractivity contribution < 1.29 is 4.74 Å². The maximum Gasteiger partial charge on any atom is 0.159 e. The van der Waals surface area contributed by atoms with Crippen molar-refractivity contribution in [1.29, 1.82) is 0 Å². The van der Waals surface area contributed by atoms with Crippen molar-refractivity contribution in [3.63, 3.8) is 0 Å². The molecular formula is C16H18BrClN2O. The molecule has 1 unspecified atom stereocenters. The van der Waals surface area contributed by atoms with Crippen molar-refractivity contribution >= 4 is 27.5 Å². The lowest BCUT2D eigenvalue weighted by Crippen LogP contribution is -2.10. The van der Waals surface area contributed by atoms with Gasteiger partial charge in [-0.05, 0) is 29.3 Å². The Morgan fingerprint density at radius 2 is 1.90 bits per heavy atom. The Morgan fingerprint density at radius 3 is 2.52 bits per heavy atom. The largest absolute Gasteiger partial charge is 0.371 e. The molecule has 0 aliphatic rings. The van der Waals surface area contributed by atoms with E-state index in [1.165, 1.54) is 0 Å². The van der Waals surface area contributed by atoms with Crippen LogP contribution in [-0.4, -0.2) is 16.6 Å². The first-order chi connectivity index (χ1) is 10.2. The SMILES string of the molecule is CCCC(OCC)c1nc(Cl)c(Br)c(-c2ccccc2)n1. The predicted octanol–water partition coefficient (Wildman–Crippen LogP) is 5.44. The van der Waals surface area contributed by atoms with Crippen molar-refractivity contribution in [1.82, 2.24) is 9.97 Å². The van der Waals surface area contributed by atoms with Crippen molar-refractivity contribution in [3.05, 3.63) is 45.8 Å². The molecule has 0 amide bonds. The van der Waals surface area contributed by atoms with E-state index in [0.717, 1.165) is 24.1 Å². The van der Waals surface area contributed by atoms with Crippen LogP contribution in [0.4, 0.5) is 0 Å². The van der Waals surface area contributed by atoms with Gasteiger partial charge in [0.15, 0.2) is 5.82 Å². The number of benzene rings is 1. The minimum absolute atomic E-state index is 0.118. The van der Waals surface area contributed by atoms with Gasteiger partial charge in [-0.3, -0.25) is 0 Å². The van der Waals surface area contributed by atoms with Crippen LogP contribution in [-0.2, 0) is 4.74 Å². The highest BCUT2D eigenvalue weighted by Crippen LogP contribution is 2.33. The van der Waals surface area contributed by atoms with Crippen LogP contribution in [0.3, 0.4) is 0 Å². The van der Waals surface area contributed by atoms with E-state index in [0.29, 0.717) is 22.1 Å². The zero-order valence-electron chi connectivity index (χ0n) is 12.1. The van der Waals surface area contributed by atoms with Crippen LogP contribution < -0.4 is 0 Å². The summed E-state index contributed by atoms with van der Waals surface area (Å²) >= 11 is 9.74. The Kier molecular flexibility index (Phi) is 6.15. The molecule has 0 radical (unpaired) electrons. The van der Waals surface area contributed by atoms with E-state index in [2.05, 4.69) is 32.8 Å². The Balaban J connectivity index is 2.47. The summed E-state index contributed by atoms with van der Waals surface area (Å²) in [6.45, 7) is 4.72. The number of hydrogen-bond acceptors (Lipinski definition) is 3. The Hall–Kier alpha value is -0.970. The van der Waals surface area contributed by atoms with Gasteiger partial charge in [-0.15, -0.1) is 0 Å². The Labute approximate surface area is 138 Å². The lowest BCUT2D eigenvalue weighted by atomic mass is 10.1. The van der Waals surface area contributed by atoms with Gasteiger partial charge in [0, 0.05) is 12.2 Å². The second-order valence-corrected chi connectivity index (χ2v) is 5.78. The summed E-state index contributed by atoms with van der Waals surface area (Å²) in [6.07, 6.45) is 1.76. The number of nitrogens with zero attached hydrogens (tertiary/aromatic N) is 2. The summed E-state index contributed by atoms with van der Waals surface area (Å²) in [7, 11) is 0. The van der Waals surface area contributed by atoms with Crippen molar-refractivity contribution in [2.75, 3.05) is 6.61 Å². The average molecular weight is 370 g/mol. The second kappa shape index (κ2) is 7.87. The molecule has 0 spiro atoms. The third-order valence-corrected chi connectivity index (χ3v) is 4.33. The standard InChI is InChI=1S/C16H18BrClN2O/c1-3-8-12(21-4-2)16-19-14(13(17)15(18)20-16)11-9-6-5-7-10-11/h5-7,9-10,12H,3-4,8H2,1-2H3. The van der Waals surface area contributed by atoms with E-state index in [9.17, 15) is 0 Å². The molecule has 2 rings (SSSR count). The fraction of sp³-hybridized carbons (Fsp3) is 0.375. The molecule has 3 nitrogen and oxygen atoms in total. The van der Waals surface area contributed by atoms with Gasteiger partial charge in [0.25, 0.3) is 0 Å². The molecule has 1 aromatic carbocycles. The summed E-state index contributed by atoms with van der Waals surface area (Å²) in [5, 5.41) is 0.416. The lowest BCUT2D eigenvalue weighted by molar-refractivity contribution is 0.0494. The van der Waals surface area contributed by atoms with Crippen LogP contribution in [0.5, 0.6) is 0 Å². The first-order valence-corrected chi connectivity index (χ1v) is 8.24. The maximum absolute atomic E-state index is 6.26. The third kappa shape index (κ3) is 4.02. The van der Waals surface area contributed by atoms with Gasteiger partial charge >= 0.3 is 0 Å². The molecule has 21 heavy (non-hydrogen) atoms. The molecule has 0 aliphatic carbocycles. The molecule has 1 atom stereocenters. The van der Waals surface area contributed by atoms with E-state index < -0.39 is 0 Å². The molecule has 0 saturated carbocycles. The highest BCUT2D eigenvalue weighted by atomic mass is 79.9. The zero-order chi connectivity index (χ0) is 15.2. The summed E-state index contributed by atoms with van der Waals surface area (Å²) in [6, 6.07) is 9.93. The van der Waals surface area contributed by atoms with Crippen molar-refractivity contribution in [2.45, 2.75) is 32.8 Å². The molecule has 0 saturated heterocycles. The number of aromatic nitrogens is 2. The minimum atomic E-state index is -0.118. The monoisotopic (exact) mass is 368 g/mol. The highest BCUT2D eigenvalue weighted by Gasteiger charge is 2.19. The first kappa shape index (κ1) is 16.4. The Bertz CT molecular complexity index is 586. The van der Waals surface area contributed by atoms with Gasteiger partial charge < -0.3 is 4.74 Å². The quantitative estimate of drug-likeness (QED) is 0.636. The van der Waals surface area contributed by atoms with Gasteiger partial charge in [-0.1, -0.05) is 55.3 Å². The number of hydrogen-bond donors (Lipinski definition) is 0. The zero-order valence-corrected chi connectivity index (χ0v) is 14.5. The van der Waals surface area contributed by atoms with E-state index in [4.69, 9.17) is 16.3 Å². The van der Waals surface area contributed by atoms with Crippen LogP contribution in [0.1, 0.15) is 38.6 Å². The topological polar surface area (TPSA) is 35.0 Å². The van der Waals surface area contributed by atoms with Gasteiger partial charge in [-0.2, -0.15) is 0 Å². The molecule has 0 bridgehead atoms. The fourth-order valence-corrected chi connectivity index (χ4v) is 2.70. The van der Waals surface area contributed by atoms with Gasteiger partial charge in [-0.25, -0.2) is 9.97 Å². The van der Waals surface area contributed by atoms with Gasteiger partial charge in [0.2, 0.25) is 0 Å². The third-order valence-electron chi connectivity index (χ3n) is 3.08. The first-order valence-electron chi connectivity index (χ1n) is 7.07. The molecular weight excluding hydrogens is 352 g/mol. The van der Waals surface area contributed by atoms with Crippen molar-refractivity contribution in [3.8, 4) is 11.3 Å². The maximum atomic E-state index is 6.26. The van der Waals surface area contributed by atoms with Crippen LogP contribution >= 0.6 is 27.5 Å². The molecule has 1 aromatic heterocycles. The molecule has 0 aliphatic heterocycles. The summed E-state index contributed by atoms with van der Waals surface area (Å²) < 4.78 is 6.47. The van der Waals surface area contributed by atoms with Crippen LogP contribution in [0, 0.1) is 0 Å². The predicted molar refractivity (Wildman–Crippen MR) is 89.5 cm³/mol. The fourth-order valence-electron chi connectivity index (χ4n) is 2.12. The van der Waals surface area contributed by atoms with Crippen LogP contribution in [0.25, 0.3) is 11.3 Å². The number of ether oxygens (including phenoxy) is 1. The smallest absolute Gasteiger partial charge is 0.159 e. The van der Waals surface area contributed by atoms with Crippen molar-refractivity contribution in [2.24, 2.45) is 0 Å². The Morgan fingerprint density at radius 1 is 1.19 bits per heavy atom. The highest BCUT2D eigenvalue weighted by molar-refractivity contribution is 9.10. The van der Waals surface area contributed by atoms with Crippen LogP contribution in [0.2, 0.25) is 5.15 Å². The normalized spacial score (nSPS) is 12.4. The summed E-state index contributed by atoms with van der Waals surface area (Å²) in [5.74, 6) is 0.644. The average Bonchev–Trinajstić information content (AvgIpc) is 2.50. The van der Waals surface area contributed by atoms with E-state index >= 15 is 0 Å². The molecule has 5 heteroatoms.